The number of halogens is 2. The summed E-state index contributed by atoms with van der Waals surface area (Å²) >= 11 is 0. The van der Waals surface area contributed by atoms with Crippen LogP contribution in [-0.2, 0) is 0 Å². The fourth-order valence-electron chi connectivity index (χ4n) is 1.44. The summed E-state index contributed by atoms with van der Waals surface area (Å²) in [5.74, 6) is -0.125. The summed E-state index contributed by atoms with van der Waals surface area (Å²) in [6.45, 7) is 0.282. The number of benzene rings is 1. The monoisotopic (exact) mass is 288 g/mol. The number of nitrogens with one attached hydrogen (secondary N) is 2. The first-order valence-corrected chi connectivity index (χ1v) is 6.14. The van der Waals surface area contributed by atoms with Crippen molar-refractivity contribution >= 4 is 11.7 Å². The highest BCUT2D eigenvalue weighted by Crippen LogP contribution is 2.25. The first-order chi connectivity index (χ1) is 9.40. The number of aliphatic hydroxyl groups excluding tert-OH is 1. The van der Waals surface area contributed by atoms with Crippen LogP contribution in [0.5, 0.6) is 5.75 Å². The first kappa shape index (κ1) is 16.2. The van der Waals surface area contributed by atoms with Crippen molar-refractivity contribution in [2.75, 3.05) is 11.9 Å². The third kappa shape index (κ3) is 4.65. The highest BCUT2D eigenvalue weighted by molar-refractivity contribution is 5.91. The van der Waals surface area contributed by atoms with Crippen molar-refractivity contribution in [3.63, 3.8) is 0 Å². The number of alkyl halides is 2. The summed E-state index contributed by atoms with van der Waals surface area (Å²) in [4.78, 5) is 11.8. The zero-order chi connectivity index (χ0) is 15.2. The molecule has 1 atom stereocenters. The van der Waals surface area contributed by atoms with Gasteiger partial charge in [0.05, 0.1) is 17.8 Å². The van der Waals surface area contributed by atoms with Crippen molar-refractivity contribution in [2.24, 2.45) is 0 Å². The molecule has 7 heteroatoms. The number of amides is 2. The second kappa shape index (κ2) is 7.04. The molecule has 0 aliphatic heterocycles. The Kier molecular flexibility index (Phi) is 5.69. The Bertz CT molecular complexity index is 451. The van der Waals surface area contributed by atoms with Gasteiger partial charge in [0.2, 0.25) is 0 Å². The number of carbonyl (C=O) groups is 1. The predicted molar refractivity (Wildman–Crippen MR) is 71.0 cm³/mol. The van der Waals surface area contributed by atoms with Gasteiger partial charge in [-0.2, -0.15) is 8.78 Å². The highest BCUT2D eigenvalue weighted by Gasteiger charge is 2.23. The molecule has 0 bridgehead atoms. The summed E-state index contributed by atoms with van der Waals surface area (Å²) in [6.07, 6.45) is 0.520. The zero-order valence-electron chi connectivity index (χ0n) is 11.3. The van der Waals surface area contributed by atoms with E-state index in [9.17, 15) is 18.7 Å². The maximum absolute atomic E-state index is 12.2. The number of aliphatic hydroxyl groups is 1. The molecule has 0 aromatic heterocycles. The molecule has 0 radical (unpaired) electrons. The lowest BCUT2D eigenvalue weighted by atomic mass is 10.0. The van der Waals surface area contributed by atoms with Gasteiger partial charge in [-0.3, -0.25) is 0 Å². The van der Waals surface area contributed by atoms with Crippen LogP contribution in [0.15, 0.2) is 24.3 Å². The summed E-state index contributed by atoms with van der Waals surface area (Å²) in [6, 6.07) is 5.27. The molecule has 0 spiro atoms. The molecule has 1 rings (SSSR count). The van der Waals surface area contributed by atoms with Crippen LogP contribution in [0.4, 0.5) is 19.3 Å². The first-order valence-electron chi connectivity index (χ1n) is 6.14. The number of urea groups is 1. The number of para-hydroxylation sites is 2. The Morgan fingerprint density at radius 1 is 1.45 bits per heavy atom. The lowest BCUT2D eigenvalue weighted by Gasteiger charge is -2.27. The number of rotatable bonds is 6. The Balaban J connectivity index is 2.75. The van der Waals surface area contributed by atoms with Crippen LogP contribution in [-0.4, -0.2) is 29.9 Å². The number of anilines is 1. The molecule has 0 saturated carbocycles. The van der Waals surface area contributed by atoms with Crippen LogP contribution >= 0.6 is 0 Å². The molecule has 5 nitrogen and oxygen atoms in total. The average Bonchev–Trinajstić information content (AvgIpc) is 2.40. The van der Waals surface area contributed by atoms with Crippen LogP contribution in [0, 0.1) is 0 Å². The minimum Gasteiger partial charge on any atom is -0.433 e. The number of hydrogen-bond donors (Lipinski definition) is 3. The van der Waals surface area contributed by atoms with Crippen molar-refractivity contribution in [1.82, 2.24) is 5.32 Å². The largest absolute Gasteiger partial charge is 0.433 e. The van der Waals surface area contributed by atoms with E-state index >= 15 is 0 Å². The summed E-state index contributed by atoms with van der Waals surface area (Å²) in [7, 11) is 0. The van der Waals surface area contributed by atoms with E-state index in [-0.39, 0.29) is 18.0 Å². The van der Waals surface area contributed by atoms with Gasteiger partial charge >= 0.3 is 12.6 Å². The van der Waals surface area contributed by atoms with E-state index in [2.05, 4.69) is 15.4 Å². The minimum atomic E-state index is -2.97. The number of carbonyl (C=O) groups excluding carboxylic acids is 1. The molecule has 1 aromatic carbocycles. The third-order valence-corrected chi connectivity index (χ3v) is 2.90. The van der Waals surface area contributed by atoms with E-state index in [4.69, 9.17) is 0 Å². The van der Waals surface area contributed by atoms with Crippen molar-refractivity contribution in [2.45, 2.75) is 32.4 Å². The second-order valence-corrected chi connectivity index (χ2v) is 4.53. The number of hydrogen-bond acceptors (Lipinski definition) is 3. The fourth-order valence-corrected chi connectivity index (χ4v) is 1.44. The standard InChI is InChI=1S/C13H18F2N2O3/c1-3-13(2,8-18)17-12(19)16-9-6-4-5-7-10(9)20-11(14)15/h4-7,11,18H,3,8H2,1-2H3,(H2,16,17,19). The number of ether oxygens (including phenoxy) is 1. The third-order valence-electron chi connectivity index (χ3n) is 2.90. The molecule has 112 valence electrons. The molecule has 0 aliphatic carbocycles. The lowest BCUT2D eigenvalue weighted by Crippen LogP contribution is -2.50. The van der Waals surface area contributed by atoms with E-state index in [0.29, 0.717) is 6.42 Å². The quantitative estimate of drug-likeness (QED) is 0.753. The van der Waals surface area contributed by atoms with Crippen molar-refractivity contribution < 1.29 is 23.4 Å². The van der Waals surface area contributed by atoms with Crippen LogP contribution in [0.1, 0.15) is 20.3 Å². The topological polar surface area (TPSA) is 70.6 Å². The Morgan fingerprint density at radius 2 is 2.10 bits per heavy atom. The van der Waals surface area contributed by atoms with Gasteiger partial charge in [0.15, 0.2) is 0 Å². The van der Waals surface area contributed by atoms with Crippen LogP contribution < -0.4 is 15.4 Å². The van der Waals surface area contributed by atoms with E-state index in [1.54, 1.807) is 13.0 Å². The molecule has 0 aliphatic rings. The lowest BCUT2D eigenvalue weighted by molar-refractivity contribution is -0.0493. The molecule has 0 heterocycles. The molecule has 2 amide bonds. The Hall–Kier alpha value is -1.89. The smallest absolute Gasteiger partial charge is 0.387 e. The molecule has 20 heavy (non-hydrogen) atoms. The molecule has 1 aromatic rings. The summed E-state index contributed by atoms with van der Waals surface area (Å²) in [5.41, 5.74) is -0.649. The summed E-state index contributed by atoms with van der Waals surface area (Å²) in [5, 5.41) is 14.2. The van der Waals surface area contributed by atoms with Crippen molar-refractivity contribution in [1.29, 1.82) is 0 Å². The van der Waals surface area contributed by atoms with Gasteiger partial charge in [-0.05, 0) is 25.5 Å². The highest BCUT2D eigenvalue weighted by atomic mass is 19.3. The molecule has 0 fully saturated rings. The van der Waals surface area contributed by atoms with Crippen LogP contribution in [0.25, 0.3) is 0 Å². The molecule has 3 N–H and O–H groups in total. The average molecular weight is 288 g/mol. The van der Waals surface area contributed by atoms with Gasteiger partial charge < -0.3 is 20.5 Å². The molecular weight excluding hydrogens is 270 g/mol. The Labute approximate surface area is 115 Å². The van der Waals surface area contributed by atoms with Crippen LogP contribution in [0.2, 0.25) is 0 Å². The minimum absolute atomic E-state index is 0.125. The van der Waals surface area contributed by atoms with E-state index in [1.165, 1.54) is 18.2 Å². The molecular formula is C13H18F2N2O3. The molecule has 0 saturated heterocycles. The SMILES string of the molecule is CCC(C)(CO)NC(=O)Nc1ccccc1OC(F)F. The van der Waals surface area contributed by atoms with Gasteiger partial charge in [-0.1, -0.05) is 19.1 Å². The van der Waals surface area contributed by atoms with Gasteiger partial charge in [-0.25, -0.2) is 4.79 Å². The van der Waals surface area contributed by atoms with Gasteiger partial charge in [0, 0.05) is 0 Å². The predicted octanol–water partition coefficient (Wildman–Crippen LogP) is 2.57. The maximum atomic E-state index is 12.2. The molecule has 1 unspecified atom stereocenters. The van der Waals surface area contributed by atoms with E-state index in [1.807, 2.05) is 6.92 Å². The normalized spacial score (nSPS) is 13.7. The van der Waals surface area contributed by atoms with Gasteiger partial charge in [-0.15, -0.1) is 0 Å². The van der Waals surface area contributed by atoms with Crippen molar-refractivity contribution in [3.8, 4) is 5.75 Å². The fraction of sp³-hybridized carbons (Fsp3) is 0.462. The summed E-state index contributed by atoms with van der Waals surface area (Å²) < 4.78 is 28.8. The van der Waals surface area contributed by atoms with E-state index in [0.717, 1.165) is 0 Å². The van der Waals surface area contributed by atoms with Crippen molar-refractivity contribution in [3.05, 3.63) is 24.3 Å². The maximum Gasteiger partial charge on any atom is 0.387 e. The van der Waals surface area contributed by atoms with E-state index < -0.39 is 18.2 Å². The van der Waals surface area contributed by atoms with Gasteiger partial charge in [0.1, 0.15) is 5.75 Å². The van der Waals surface area contributed by atoms with Gasteiger partial charge in [0.25, 0.3) is 0 Å². The Morgan fingerprint density at radius 3 is 2.65 bits per heavy atom. The van der Waals surface area contributed by atoms with Crippen LogP contribution in [0.3, 0.4) is 0 Å². The second-order valence-electron chi connectivity index (χ2n) is 4.53. The zero-order valence-corrected chi connectivity index (χ0v) is 11.3.